The van der Waals surface area contributed by atoms with E-state index in [1.807, 2.05) is 12.1 Å². The van der Waals surface area contributed by atoms with E-state index in [0.29, 0.717) is 30.4 Å². The lowest BCUT2D eigenvalue weighted by molar-refractivity contribution is -0.924. The van der Waals surface area contributed by atoms with Crippen molar-refractivity contribution in [2.75, 3.05) is 44.7 Å². The number of rotatable bonds is 6. The maximum atomic E-state index is 11.8. The average molecular weight is 405 g/mol. The van der Waals surface area contributed by atoms with Crippen LogP contribution in [0.1, 0.15) is 18.7 Å². The molecule has 2 saturated heterocycles. The fourth-order valence-corrected chi connectivity index (χ4v) is 3.99. The fraction of sp³-hybridized carbons (Fsp3) is 0.526. The van der Waals surface area contributed by atoms with Gasteiger partial charge >= 0.3 is 0 Å². The van der Waals surface area contributed by atoms with E-state index < -0.39 is 0 Å². The molecule has 1 aromatic heterocycles. The normalized spacial score (nSPS) is 18.1. The monoisotopic (exact) mass is 404 g/mol. The molecular weight excluding hydrogens is 378 g/mol. The van der Waals surface area contributed by atoms with Crippen molar-refractivity contribution < 1.29 is 18.8 Å². The molecular formula is C19H26N5O3S+. The standard InChI is InChI=1S/C19H25N5O3S/c1-26-16-6-4-15(5-7-16)22-11-9-21(10-12-22)14-24-19(28)27-17(20-24)13-23-8-2-3-18(23)25/h4-7H,2-3,8-14H2,1H3/p+1. The predicted molar refractivity (Wildman–Crippen MR) is 106 cm³/mol. The third-order valence-electron chi connectivity index (χ3n) is 5.43. The first-order chi connectivity index (χ1) is 13.6. The highest BCUT2D eigenvalue weighted by atomic mass is 32.1. The number of nitrogens with zero attached hydrogens (tertiary/aromatic N) is 4. The summed E-state index contributed by atoms with van der Waals surface area (Å²) in [6.45, 7) is 5.82. The number of methoxy groups -OCH3 is 1. The van der Waals surface area contributed by atoms with Gasteiger partial charge in [0.15, 0.2) is 6.67 Å². The largest absolute Gasteiger partial charge is 0.497 e. The number of aromatic nitrogens is 2. The Morgan fingerprint density at radius 1 is 1.21 bits per heavy atom. The number of carbonyl (C=O) groups is 1. The van der Waals surface area contributed by atoms with E-state index >= 15 is 0 Å². The van der Waals surface area contributed by atoms with E-state index in [2.05, 4.69) is 22.1 Å². The van der Waals surface area contributed by atoms with Crippen LogP contribution in [0.3, 0.4) is 0 Å². The molecule has 1 N–H and O–H groups in total. The average Bonchev–Trinajstić information content (AvgIpc) is 3.28. The first-order valence-electron chi connectivity index (χ1n) is 9.69. The van der Waals surface area contributed by atoms with Crippen LogP contribution >= 0.6 is 12.2 Å². The first kappa shape index (κ1) is 18.9. The van der Waals surface area contributed by atoms with Crippen LogP contribution in [0.2, 0.25) is 0 Å². The highest BCUT2D eigenvalue weighted by Crippen LogP contribution is 2.19. The number of hydrogen-bond donors (Lipinski definition) is 1. The van der Waals surface area contributed by atoms with Gasteiger partial charge in [0.25, 0.3) is 4.84 Å². The molecule has 1 amide bonds. The number of likely N-dealkylation sites (tertiary alicyclic amines) is 1. The number of ether oxygens (including phenoxy) is 1. The Labute approximate surface area is 169 Å². The van der Waals surface area contributed by atoms with Crippen molar-refractivity contribution in [1.82, 2.24) is 14.7 Å². The molecule has 8 nitrogen and oxygen atoms in total. The number of nitrogens with one attached hydrogen (secondary N) is 1. The number of carbonyl (C=O) groups excluding carboxylic acids is 1. The molecule has 2 aliphatic rings. The van der Waals surface area contributed by atoms with Crippen LogP contribution in [-0.2, 0) is 18.0 Å². The lowest BCUT2D eigenvalue weighted by Crippen LogP contribution is -3.14. The zero-order chi connectivity index (χ0) is 19.5. The molecule has 0 saturated carbocycles. The van der Waals surface area contributed by atoms with Crippen LogP contribution in [0.5, 0.6) is 5.75 Å². The van der Waals surface area contributed by atoms with E-state index in [1.165, 1.54) is 10.6 Å². The number of anilines is 1. The highest BCUT2D eigenvalue weighted by Gasteiger charge is 2.24. The van der Waals surface area contributed by atoms with Gasteiger partial charge in [0.2, 0.25) is 11.8 Å². The van der Waals surface area contributed by atoms with E-state index in [-0.39, 0.29) is 5.91 Å². The Balaban J connectivity index is 1.32. The minimum Gasteiger partial charge on any atom is -0.497 e. The molecule has 0 unspecified atom stereocenters. The summed E-state index contributed by atoms with van der Waals surface area (Å²) in [7, 11) is 1.68. The molecule has 4 rings (SSSR count). The Bertz CT molecular complexity index is 870. The molecule has 1 aromatic carbocycles. The van der Waals surface area contributed by atoms with Gasteiger partial charge in [-0.2, -0.15) is 4.68 Å². The molecule has 2 fully saturated rings. The second-order valence-electron chi connectivity index (χ2n) is 7.27. The van der Waals surface area contributed by atoms with Crippen molar-refractivity contribution >= 4 is 23.8 Å². The zero-order valence-corrected chi connectivity index (χ0v) is 16.9. The van der Waals surface area contributed by atoms with E-state index in [1.54, 1.807) is 16.7 Å². The van der Waals surface area contributed by atoms with Gasteiger partial charge in [0.05, 0.1) is 39.8 Å². The quantitative estimate of drug-likeness (QED) is 0.715. The lowest BCUT2D eigenvalue weighted by Gasteiger charge is -2.33. The zero-order valence-electron chi connectivity index (χ0n) is 16.1. The Hall–Kier alpha value is -2.39. The van der Waals surface area contributed by atoms with Gasteiger partial charge in [0.1, 0.15) is 5.75 Å². The Kier molecular flexibility index (Phi) is 5.63. The second kappa shape index (κ2) is 8.32. The molecule has 150 valence electrons. The molecule has 0 radical (unpaired) electrons. The third kappa shape index (κ3) is 4.20. The van der Waals surface area contributed by atoms with Gasteiger partial charge < -0.3 is 23.9 Å². The minimum atomic E-state index is 0.163. The second-order valence-corrected chi connectivity index (χ2v) is 7.62. The molecule has 9 heteroatoms. The maximum absolute atomic E-state index is 11.8. The summed E-state index contributed by atoms with van der Waals surface area (Å²) in [6, 6.07) is 8.19. The summed E-state index contributed by atoms with van der Waals surface area (Å²) in [4.78, 5) is 17.7. The molecule has 0 atom stereocenters. The first-order valence-corrected chi connectivity index (χ1v) is 10.1. The van der Waals surface area contributed by atoms with Crippen molar-refractivity contribution in [2.24, 2.45) is 0 Å². The van der Waals surface area contributed by atoms with Crippen LogP contribution < -0.4 is 14.5 Å². The van der Waals surface area contributed by atoms with Crippen LogP contribution in [0.15, 0.2) is 28.7 Å². The molecule has 28 heavy (non-hydrogen) atoms. The number of hydrogen-bond acceptors (Lipinski definition) is 6. The molecule has 0 aliphatic carbocycles. The summed E-state index contributed by atoms with van der Waals surface area (Å²) < 4.78 is 12.6. The fourth-order valence-electron chi connectivity index (χ4n) is 3.79. The summed E-state index contributed by atoms with van der Waals surface area (Å²) in [5.74, 6) is 1.56. The van der Waals surface area contributed by atoms with Crippen molar-refractivity contribution in [1.29, 1.82) is 0 Å². The Morgan fingerprint density at radius 2 is 1.96 bits per heavy atom. The van der Waals surface area contributed by atoms with E-state index in [0.717, 1.165) is 44.9 Å². The smallest absolute Gasteiger partial charge is 0.291 e. The predicted octanol–water partition coefficient (Wildman–Crippen LogP) is 0.699. The highest BCUT2D eigenvalue weighted by molar-refractivity contribution is 7.71. The van der Waals surface area contributed by atoms with Crippen molar-refractivity contribution in [3.63, 3.8) is 0 Å². The molecule has 2 aromatic rings. The summed E-state index contributed by atoms with van der Waals surface area (Å²) >= 11 is 5.33. The number of amides is 1. The molecule has 0 bridgehead atoms. The maximum Gasteiger partial charge on any atom is 0.291 e. The van der Waals surface area contributed by atoms with Crippen LogP contribution in [0.25, 0.3) is 0 Å². The van der Waals surface area contributed by atoms with Gasteiger partial charge in [-0.3, -0.25) is 4.79 Å². The van der Waals surface area contributed by atoms with Crippen LogP contribution in [-0.4, -0.2) is 60.4 Å². The van der Waals surface area contributed by atoms with Crippen molar-refractivity contribution in [3.8, 4) is 5.75 Å². The van der Waals surface area contributed by atoms with E-state index in [9.17, 15) is 4.79 Å². The number of piperazine rings is 1. The molecule has 0 spiro atoms. The summed E-state index contributed by atoms with van der Waals surface area (Å²) in [5.41, 5.74) is 1.22. The molecule has 2 aliphatic heterocycles. The minimum absolute atomic E-state index is 0.163. The number of benzene rings is 1. The van der Waals surface area contributed by atoms with Gasteiger partial charge in [-0.05, 0) is 42.9 Å². The third-order valence-corrected chi connectivity index (χ3v) is 5.72. The van der Waals surface area contributed by atoms with E-state index in [4.69, 9.17) is 21.4 Å². The molecule has 3 heterocycles. The number of quaternary nitrogens is 1. The van der Waals surface area contributed by atoms with Crippen molar-refractivity contribution in [2.45, 2.75) is 26.1 Å². The van der Waals surface area contributed by atoms with Gasteiger partial charge in [-0.15, -0.1) is 5.10 Å². The van der Waals surface area contributed by atoms with Gasteiger partial charge in [0, 0.05) is 18.7 Å². The summed E-state index contributed by atoms with van der Waals surface area (Å²) in [5, 5.41) is 4.50. The lowest BCUT2D eigenvalue weighted by atomic mass is 10.2. The van der Waals surface area contributed by atoms with Crippen molar-refractivity contribution in [3.05, 3.63) is 35.0 Å². The Morgan fingerprint density at radius 3 is 2.61 bits per heavy atom. The van der Waals surface area contributed by atoms with Gasteiger partial charge in [-0.1, -0.05) is 0 Å². The SMILES string of the molecule is COc1ccc(N2CC[NH+](Cn3nc(CN4CCCC4=O)oc3=S)CC2)cc1. The topological polar surface area (TPSA) is 68.2 Å². The summed E-state index contributed by atoms with van der Waals surface area (Å²) in [6.07, 6.45) is 1.52. The van der Waals surface area contributed by atoms with Gasteiger partial charge in [-0.25, -0.2) is 0 Å². The van der Waals surface area contributed by atoms with Crippen LogP contribution in [0, 0.1) is 4.84 Å². The van der Waals surface area contributed by atoms with Crippen LogP contribution in [0.4, 0.5) is 5.69 Å².